The maximum Gasteiger partial charge on any atom is 0.335 e. The highest BCUT2D eigenvalue weighted by Crippen LogP contribution is 2.27. The molecular weight excluding hydrogens is 251 g/mol. The minimum atomic E-state index is -1.24. The van der Waals surface area contributed by atoms with Gasteiger partial charge in [0.1, 0.15) is 11.6 Å². The van der Waals surface area contributed by atoms with Gasteiger partial charge in [-0.25, -0.2) is 9.18 Å². The van der Waals surface area contributed by atoms with Crippen LogP contribution in [0.3, 0.4) is 0 Å². The van der Waals surface area contributed by atoms with Crippen molar-refractivity contribution >= 4 is 12.3 Å². The smallest absolute Gasteiger partial charge is 0.335 e. The van der Waals surface area contributed by atoms with E-state index in [4.69, 9.17) is 5.11 Å². The molecule has 4 nitrogen and oxygen atoms in total. The molecule has 0 heterocycles. The number of carbonyl (C=O) groups is 2. The maximum atomic E-state index is 13.3. The lowest BCUT2D eigenvalue weighted by atomic mass is 10.0. The van der Waals surface area contributed by atoms with Crippen molar-refractivity contribution in [2.75, 3.05) is 0 Å². The van der Waals surface area contributed by atoms with Crippen molar-refractivity contribution in [2.24, 2.45) is 0 Å². The number of carboxylic acid groups (broad SMARTS) is 1. The van der Waals surface area contributed by atoms with Gasteiger partial charge >= 0.3 is 5.97 Å². The molecule has 0 radical (unpaired) electrons. The van der Waals surface area contributed by atoms with Crippen LogP contribution in [-0.4, -0.2) is 22.5 Å². The Kier molecular flexibility index (Phi) is 3.29. The van der Waals surface area contributed by atoms with Crippen LogP contribution >= 0.6 is 0 Å². The van der Waals surface area contributed by atoms with Crippen molar-refractivity contribution in [1.29, 1.82) is 0 Å². The molecular formula is C14H9FO4. The number of phenolic OH excluding ortho intramolecular Hbond substituents is 1. The Morgan fingerprint density at radius 1 is 1.11 bits per heavy atom. The summed E-state index contributed by atoms with van der Waals surface area (Å²) in [7, 11) is 0. The topological polar surface area (TPSA) is 74.6 Å². The van der Waals surface area contributed by atoms with Gasteiger partial charge in [-0.2, -0.15) is 0 Å². The Morgan fingerprint density at radius 2 is 1.84 bits per heavy atom. The lowest BCUT2D eigenvalue weighted by Crippen LogP contribution is -1.97. The van der Waals surface area contributed by atoms with Crippen molar-refractivity contribution in [3.8, 4) is 16.9 Å². The zero-order valence-electron chi connectivity index (χ0n) is 9.63. The molecule has 0 atom stereocenters. The number of hydrogen-bond donors (Lipinski definition) is 2. The van der Waals surface area contributed by atoms with Gasteiger partial charge in [0.05, 0.1) is 11.1 Å². The van der Waals surface area contributed by atoms with Crippen LogP contribution in [0.4, 0.5) is 4.39 Å². The third-order valence-electron chi connectivity index (χ3n) is 2.64. The van der Waals surface area contributed by atoms with E-state index >= 15 is 0 Å². The van der Waals surface area contributed by atoms with Crippen molar-refractivity contribution in [2.45, 2.75) is 0 Å². The lowest BCUT2D eigenvalue weighted by Gasteiger charge is -2.06. The molecule has 0 aromatic heterocycles. The van der Waals surface area contributed by atoms with Crippen LogP contribution in [0.25, 0.3) is 11.1 Å². The van der Waals surface area contributed by atoms with Crippen LogP contribution in [0, 0.1) is 5.82 Å². The third kappa shape index (κ3) is 2.60. The van der Waals surface area contributed by atoms with Crippen LogP contribution in [0.1, 0.15) is 20.7 Å². The number of carboxylic acids is 1. The second-order valence-corrected chi connectivity index (χ2v) is 3.93. The molecule has 0 spiro atoms. The van der Waals surface area contributed by atoms with Gasteiger partial charge < -0.3 is 10.2 Å². The Morgan fingerprint density at radius 3 is 2.42 bits per heavy atom. The number of carbonyl (C=O) groups excluding carboxylic acids is 1. The van der Waals surface area contributed by atoms with E-state index in [0.717, 1.165) is 12.1 Å². The molecule has 2 aromatic carbocycles. The summed E-state index contributed by atoms with van der Waals surface area (Å²) in [5.74, 6) is -2.17. The van der Waals surface area contributed by atoms with Gasteiger partial charge in [0, 0.05) is 0 Å². The van der Waals surface area contributed by atoms with Crippen LogP contribution in [-0.2, 0) is 0 Å². The summed E-state index contributed by atoms with van der Waals surface area (Å²) in [6, 6.07) is 7.52. The molecule has 2 N–H and O–H groups in total. The summed E-state index contributed by atoms with van der Waals surface area (Å²) in [6.45, 7) is 0. The van der Waals surface area contributed by atoms with E-state index in [1.165, 1.54) is 24.3 Å². The summed E-state index contributed by atoms with van der Waals surface area (Å²) in [5.41, 5.74) is 0.655. The molecule has 0 bridgehead atoms. The number of hydrogen-bond acceptors (Lipinski definition) is 3. The van der Waals surface area contributed by atoms with Crippen molar-refractivity contribution < 1.29 is 24.2 Å². The number of halogens is 1. The molecule has 0 unspecified atom stereocenters. The largest absolute Gasteiger partial charge is 0.507 e. The zero-order valence-corrected chi connectivity index (χ0v) is 9.63. The minimum absolute atomic E-state index is 0.110. The molecule has 19 heavy (non-hydrogen) atoms. The van der Waals surface area contributed by atoms with Gasteiger partial charge in [-0.1, -0.05) is 6.07 Å². The number of phenols is 1. The standard InChI is InChI=1S/C14H9FO4/c15-12-4-10(3-11(5-12)14(18)19)8-1-2-9(7-16)13(17)6-8/h1-7,17H,(H,18,19). The number of aromatic hydroxyl groups is 1. The molecule has 2 rings (SSSR count). The Labute approximate surface area is 107 Å². The fourth-order valence-electron chi connectivity index (χ4n) is 1.70. The monoisotopic (exact) mass is 260 g/mol. The molecule has 0 saturated carbocycles. The van der Waals surface area contributed by atoms with Crippen molar-refractivity contribution in [3.05, 3.63) is 53.3 Å². The van der Waals surface area contributed by atoms with Gasteiger partial charge in [0.2, 0.25) is 0 Å². The van der Waals surface area contributed by atoms with Crippen LogP contribution in [0.15, 0.2) is 36.4 Å². The summed E-state index contributed by atoms with van der Waals surface area (Å²) >= 11 is 0. The predicted molar refractivity (Wildman–Crippen MR) is 65.8 cm³/mol. The van der Waals surface area contributed by atoms with E-state index in [0.29, 0.717) is 17.4 Å². The molecule has 0 fully saturated rings. The van der Waals surface area contributed by atoms with E-state index in [1.54, 1.807) is 0 Å². The fourth-order valence-corrected chi connectivity index (χ4v) is 1.70. The molecule has 96 valence electrons. The fraction of sp³-hybridized carbons (Fsp3) is 0. The molecule has 0 amide bonds. The summed E-state index contributed by atoms with van der Waals surface area (Å²) < 4.78 is 13.3. The van der Waals surface area contributed by atoms with Crippen LogP contribution in [0.5, 0.6) is 5.75 Å². The van der Waals surface area contributed by atoms with E-state index in [-0.39, 0.29) is 16.9 Å². The van der Waals surface area contributed by atoms with Gasteiger partial charge in [0.25, 0.3) is 0 Å². The highest BCUT2D eigenvalue weighted by atomic mass is 19.1. The highest BCUT2D eigenvalue weighted by Gasteiger charge is 2.10. The normalized spacial score (nSPS) is 10.2. The van der Waals surface area contributed by atoms with Gasteiger partial charge in [-0.05, 0) is 41.5 Å². The number of aldehydes is 1. The van der Waals surface area contributed by atoms with E-state index in [9.17, 15) is 19.1 Å². The Hall–Kier alpha value is -2.69. The van der Waals surface area contributed by atoms with E-state index < -0.39 is 11.8 Å². The van der Waals surface area contributed by atoms with Gasteiger partial charge in [-0.15, -0.1) is 0 Å². The molecule has 0 aliphatic rings. The number of aromatic carboxylic acids is 1. The highest BCUT2D eigenvalue weighted by molar-refractivity contribution is 5.90. The Balaban J connectivity index is 2.55. The molecule has 0 saturated heterocycles. The second-order valence-electron chi connectivity index (χ2n) is 3.93. The summed E-state index contributed by atoms with van der Waals surface area (Å²) in [5, 5.41) is 18.4. The zero-order chi connectivity index (χ0) is 14.0. The second kappa shape index (κ2) is 4.89. The lowest BCUT2D eigenvalue weighted by molar-refractivity contribution is 0.0696. The molecule has 5 heteroatoms. The molecule has 2 aromatic rings. The van der Waals surface area contributed by atoms with Crippen molar-refractivity contribution in [3.63, 3.8) is 0 Å². The number of rotatable bonds is 3. The first-order valence-electron chi connectivity index (χ1n) is 5.33. The quantitative estimate of drug-likeness (QED) is 0.832. The van der Waals surface area contributed by atoms with Gasteiger partial charge in [0.15, 0.2) is 6.29 Å². The number of benzene rings is 2. The Bertz CT molecular complexity index is 664. The first-order chi connectivity index (χ1) is 9.01. The van der Waals surface area contributed by atoms with Gasteiger partial charge in [-0.3, -0.25) is 4.79 Å². The average molecular weight is 260 g/mol. The summed E-state index contributed by atoms with van der Waals surface area (Å²) in [6.07, 6.45) is 0.493. The predicted octanol–water partition coefficient (Wildman–Crippen LogP) is 2.71. The first kappa shape index (κ1) is 12.8. The van der Waals surface area contributed by atoms with E-state index in [1.807, 2.05) is 0 Å². The third-order valence-corrected chi connectivity index (χ3v) is 2.64. The average Bonchev–Trinajstić information content (AvgIpc) is 2.37. The van der Waals surface area contributed by atoms with Crippen molar-refractivity contribution in [1.82, 2.24) is 0 Å². The van der Waals surface area contributed by atoms with Crippen LogP contribution < -0.4 is 0 Å². The SMILES string of the molecule is O=Cc1ccc(-c2cc(F)cc(C(=O)O)c2)cc1O. The summed E-state index contributed by atoms with van der Waals surface area (Å²) in [4.78, 5) is 21.4. The maximum absolute atomic E-state index is 13.3. The molecule has 0 aliphatic carbocycles. The minimum Gasteiger partial charge on any atom is -0.507 e. The van der Waals surface area contributed by atoms with E-state index in [2.05, 4.69) is 0 Å². The first-order valence-corrected chi connectivity index (χ1v) is 5.33. The molecule has 0 aliphatic heterocycles. The van der Waals surface area contributed by atoms with Crippen LogP contribution in [0.2, 0.25) is 0 Å².